The summed E-state index contributed by atoms with van der Waals surface area (Å²) in [6.45, 7) is 0.548. The number of methoxy groups -OCH3 is 2. The number of hydrogen-bond acceptors (Lipinski definition) is 4. The number of rotatable bonds is 7. The summed E-state index contributed by atoms with van der Waals surface area (Å²) in [6, 6.07) is 22.5. The van der Waals surface area contributed by atoms with Gasteiger partial charge < -0.3 is 25.2 Å². The number of hydrogen-bond donors (Lipinski definition) is 3. The van der Waals surface area contributed by atoms with Crippen LogP contribution in [-0.4, -0.2) is 30.5 Å². The molecule has 172 valence electrons. The van der Waals surface area contributed by atoms with Gasteiger partial charge in [-0.15, -0.1) is 0 Å². The summed E-state index contributed by atoms with van der Waals surface area (Å²) in [4.78, 5) is 0. The van der Waals surface area contributed by atoms with Gasteiger partial charge in [0.2, 0.25) is 0 Å². The first-order chi connectivity index (χ1) is 16.1. The van der Waals surface area contributed by atoms with Crippen LogP contribution in [0.15, 0.2) is 66.7 Å². The van der Waals surface area contributed by atoms with Crippen molar-refractivity contribution >= 4 is 17.3 Å². The Morgan fingerprint density at radius 1 is 1.00 bits per heavy atom. The Labute approximate surface area is 200 Å². The fourth-order valence-corrected chi connectivity index (χ4v) is 4.77. The first-order valence-electron chi connectivity index (χ1n) is 11.2. The van der Waals surface area contributed by atoms with Gasteiger partial charge in [-0.2, -0.15) is 0 Å². The van der Waals surface area contributed by atoms with E-state index in [0.717, 1.165) is 30.6 Å². The number of aromatic hydroxyl groups is 1. The average molecular weight is 463 g/mol. The van der Waals surface area contributed by atoms with Crippen molar-refractivity contribution in [3.8, 4) is 17.2 Å². The number of phenolic OH excluding ortho intramolecular Hbond substituents is 1. The molecular weight excluding hydrogens is 432 g/mol. The summed E-state index contributed by atoms with van der Waals surface area (Å²) < 4.78 is 10.7. The van der Waals surface area contributed by atoms with Crippen molar-refractivity contribution in [1.29, 1.82) is 0 Å². The van der Waals surface area contributed by atoms with Crippen LogP contribution in [0.1, 0.15) is 34.6 Å². The van der Waals surface area contributed by atoms with Gasteiger partial charge in [-0.25, -0.2) is 0 Å². The van der Waals surface area contributed by atoms with E-state index in [1.807, 2.05) is 18.2 Å². The maximum absolute atomic E-state index is 9.80. The number of thiocarbonyl (C=S) groups is 1. The lowest BCUT2D eigenvalue weighted by atomic mass is 9.76. The van der Waals surface area contributed by atoms with Gasteiger partial charge in [0.1, 0.15) is 5.75 Å². The summed E-state index contributed by atoms with van der Waals surface area (Å²) in [5, 5.41) is 17.3. The van der Waals surface area contributed by atoms with Gasteiger partial charge in [-0.05, 0) is 78.0 Å². The normalized spacial score (nSPS) is 17.0. The summed E-state index contributed by atoms with van der Waals surface area (Å²) in [5.41, 5.74) is 5.00. The van der Waals surface area contributed by atoms with Crippen molar-refractivity contribution in [3.05, 3.63) is 89.0 Å². The second-order valence-corrected chi connectivity index (χ2v) is 8.75. The first kappa shape index (κ1) is 22.9. The van der Waals surface area contributed by atoms with Crippen LogP contribution in [0.25, 0.3) is 0 Å². The van der Waals surface area contributed by atoms with E-state index < -0.39 is 0 Å². The maximum Gasteiger partial charge on any atom is 0.166 e. The van der Waals surface area contributed by atoms with E-state index in [4.69, 9.17) is 21.7 Å². The number of benzene rings is 3. The monoisotopic (exact) mass is 462 g/mol. The highest BCUT2D eigenvalue weighted by atomic mass is 32.1. The SMILES string of the molecule is COc1ccc2c(c1)CCC(NC(=S)NCc1ccc(O)c(OC)c1)C2Cc1ccccc1. The van der Waals surface area contributed by atoms with Gasteiger partial charge >= 0.3 is 0 Å². The van der Waals surface area contributed by atoms with Crippen molar-refractivity contribution in [2.75, 3.05) is 14.2 Å². The Morgan fingerprint density at radius 2 is 1.82 bits per heavy atom. The molecule has 2 atom stereocenters. The predicted molar refractivity (Wildman–Crippen MR) is 135 cm³/mol. The van der Waals surface area contributed by atoms with Crippen molar-refractivity contribution < 1.29 is 14.6 Å². The Kier molecular flexibility index (Phi) is 7.35. The highest BCUT2D eigenvalue weighted by Gasteiger charge is 2.30. The fraction of sp³-hybridized carbons (Fsp3) is 0.296. The summed E-state index contributed by atoms with van der Waals surface area (Å²) in [5.74, 6) is 1.79. The quantitative estimate of drug-likeness (QED) is 0.442. The van der Waals surface area contributed by atoms with E-state index in [1.54, 1.807) is 20.3 Å². The molecule has 5 nitrogen and oxygen atoms in total. The van der Waals surface area contributed by atoms with Crippen LogP contribution in [0.3, 0.4) is 0 Å². The molecule has 0 amide bonds. The molecule has 0 saturated carbocycles. The van der Waals surface area contributed by atoms with Crippen molar-refractivity contribution in [2.45, 2.75) is 37.8 Å². The molecule has 3 N–H and O–H groups in total. The van der Waals surface area contributed by atoms with Crippen LogP contribution < -0.4 is 20.1 Å². The Hall–Kier alpha value is -3.25. The van der Waals surface area contributed by atoms with E-state index in [1.165, 1.54) is 16.7 Å². The zero-order valence-electron chi connectivity index (χ0n) is 19.0. The minimum absolute atomic E-state index is 0.128. The molecule has 33 heavy (non-hydrogen) atoms. The number of nitrogens with one attached hydrogen (secondary N) is 2. The molecule has 1 aliphatic carbocycles. The Balaban J connectivity index is 1.48. The molecule has 1 aliphatic rings. The molecular formula is C27H30N2O3S. The summed E-state index contributed by atoms with van der Waals surface area (Å²) in [6.07, 6.45) is 2.91. The highest BCUT2D eigenvalue weighted by molar-refractivity contribution is 7.80. The second-order valence-electron chi connectivity index (χ2n) is 8.34. The summed E-state index contributed by atoms with van der Waals surface area (Å²) >= 11 is 5.65. The third-order valence-corrected chi connectivity index (χ3v) is 6.53. The molecule has 3 aromatic carbocycles. The number of phenols is 1. The zero-order valence-corrected chi connectivity index (χ0v) is 19.8. The molecule has 4 rings (SSSR count). The molecule has 0 aliphatic heterocycles. The van der Waals surface area contributed by atoms with Gasteiger partial charge in [0.15, 0.2) is 16.6 Å². The maximum atomic E-state index is 9.80. The molecule has 6 heteroatoms. The van der Waals surface area contributed by atoms with Gasteiger partial charge in [0.05, 0.1) is 14.2 Å². The molecule has 0 fully saturated rings. The van der Waals surface area contributed by atoms with Gasteiger partial charge in [0, 0.05) is 18.5 Å². The lowest BCUT2D eigenvalue weighted by Gasteiger charge is -2.35. The average Bonchev–Trinajstić information content (AvgIpc) is 2.85. The standard InChI is InChI=1S/C27H30N2O3S/c1-31-21-10-11-22-20(16-21)9-12-24(23(22)14-18-6-4-3-5-7-18)29-27(33)28-17-19-8-13-25(30)26(15-19)32-2/h3-8,10-11,13,15-16,23-24,30H,9,12,14,17H2,1-2H3,(H2,28,29,33). The number of fused-ring (bicyclic) bond motifs is 1. The van der Waals surface area contributed by atoms with E-state index >= 15 is 0 Å². The largest absolute Gasteiger partial charge is 0.504 e. The molecule has 0 spiro atoms. The molecule has 2 unspecified atom stereocenters. The third-order valence-electron chi connectivity index (χ3n) is 6.27. The van der Waals surface area contributed by atoms with Crippen LogP contribution in [0.5, 0.6) is 17.2 Å². The van der Waals surface area contributed by atoms with E-state index in [0.29, 0.717) is 23.3 Å². The summed E-state index contributed by atoms with van der Waals surface area (Å²) in [7, 11) is 3.26. The van der Waals surface area contributed by atoms with Crippen molar-refractivity contribution in [3.63, 3.8) is 0 Å². The molecule has 0 aromatic heterocycles. The van der Waals surface area contributed by atoms with Crippen LogP contribution in [0.4, 0.5) is 0 Å². The molecule has 0 radical (unpaired) electrons. The molecule has 0 bridgehead atoms. The third kappa shape index (κ3) is 5.57. The molecule has 3 aromatic rings. The molecule has 0 saturated heterocycles. The minimum Gasteiger partial charge on any atom is -0.504 e. The molecule has 0 heterocycles. The first-order valence-corrected chi connectivity index (χ1v) is 11.6. The van der Waals surface area contributed by atoms with Gasteiger partial charge in [-0.3, -0.25) is 0 Å². The van der Waals surface area contributed by atoms with Crippen LogP contribution in [-0.2, 0) is 19.4 Å². The Bertz CT molecular complexity index is 1100. The number of ether oxygens (including phenoxy) is 2. The van der Waals surface area contributed by atoms with Crippen molar-refractivity contribution in [2.24, 2.45) is 0 Å². The number of aryl methyl sites for hydroxylation is 1. The lowest BCUT2D eigenvalue weighted by Crippen LogP contribution is -2.46. The second kappa shape index (κ2) is 10.6. The topological polar surface area (TPSA) is 62.8 Å². The van der Waals surface area contributed by atoms with Crippen LogP contribution in [0, 0.1) is 0 Å². The van der Waals surface area contributed by atoms with E-state index in [2.05, 4.69) is 53.1 Å². The smallest absolute Gasteiger partial charge is 0.166 e. The highest BCUT2D eigenvalue weighted by Crippen LogP contribution is 2.36. The van der Waals surface area contributed by atoms with Crippen molar-refractivity contribution in [1.82, 2.24) is 10.6 Å². The van der Waals surface area contributed by atoms with Gasteiger partial charge in [0.25, 0.3) is 0 Å². The Morgan fingerprint density at radius 3 is 2.58 bits per heavy atom. The minimum atomic E-state index is 0.128. The van der Waals surface area contributed by atoms with Crippen LogP contribution in [0.2, 0.25) is 0 Å². The van der Waals surface area contributed by atoms with Gasteiger partial charge in [-0.1, -0.05) is 42.5 Å². The van der Waals surface area contributed by atoms with E-state index in [-0.39, 0.29) is 11.8 Å². The lowest BCUT2D eigenvalue weighted by molar-refractivity contribution is 0.373. The predicted octanol–water partition coefficient (Wildman–Crippen LogP) is 4.71. The van der Waals surface area contributed by atoms with E-state index in [9.17, 15) is 5.11 Å². The van der Waals surface area contributed by atoms with Crippen LogP contribution >= 0.6 is 12.2 Å². The fourth-order valence-electron chi connectivity index (χ4n) is 4.54. The zero-order chi connectivity index (χ0) is 23.2.